The molecule has 33 heavy (non-hydrogen) atoms. The Morgan fingerprint density at radius 2 is 1.88 bits per heavy atom. The first-order chi connectivity index (χ1) is 15.7. The van der Waals surface area contributed by atoms with Crippen molar-refractivity contribution >= 4 is 80.7 Å². The predicted octanol–water partition coefficient (Wildman–Crippen LogP) is 5.79. The monoisotopic (exact) mass is 621 g/mol. The second kappa shape index (κ2) is 11.5. The minimum absolute atomic E-state index is 0.0252. The molecule has 11 heteroatoms. The molecule has 0 aromatic heterocycles. The van der Waals surface area contributed by atoms with Gasteiger partial charge in [-0.05, 0) is 77.2 Å². The number of thioether (sulfide) groups is 1. The number of methoxy groups -OCH3 is 1. The first-order valence-electron chi connectivity index (χ1n) is 9.59. The van der Waals surface area contributed by atoms with Gasteiger partial charge < -0.3 is 14.2 Å². The highest BCUT2D eigenvalue weighted by molar-refractivity contribution is 14.1. The number of carbonyl (C=O) groups excluding carboxylic acids is 3. The summed E-state index contributed by atoms with van der Waals surface area (Å²) in [4.78, 5) is 38.3. The fourth-order valence-corrected chi connectivity index (χ4v) is 5.03. The van der Waals surface area contributed by atoms with Crippen molar-refractivity contribution < 1.29 is 28.6 Å². The van der Waals surface area contributed by atoms with Crippen LogP contribution in [0.1, 0.15) is 18.1 Å². The van der Waals surface area contributed by atoms with E-state index in [9.17, 15) is 14.4 Å². The zero-order chi connectivity index (χ0) is 24.1. The molecule has 0 N–H and O–H groups in total. The molecule has 1 aliphatic heterocycles. The molecule has 0 saturated carbocycles. The molecule has 1 saturated heterocycles. The Balaban J connectivity index is 1.87. The number of imide groups is 1. The van der Waals surface area contributed by atoms with Crippen molar-refractivity contribution in [2.75, 3.05) is 20.3 Å². The maximum absolute atomic E-state index is 12.9. The number of benzene rings is 2. The van der Waals surface area contributed by atoms with E-state index in [0.717, 1.165) is 16.7 Å². The summed E-state index contributed by atoms with van der Waals surface area (Å²) in [5.74, 6) is -0.173. The lowest BCUT2D eigenvalue weighted by atomic mass is 10.1. The molecule has 0 radical (unpaired) electrons. The summed E-state index contributed by atoms with van der Waals surface area (Å²) >= 11 is 15.3. The number of esters is 1. The Hall–Kier alpha value is -1.95. The zero-order valence-electron chi connectivity index (χ0n) is 17.5. The van der Waals surface area contributed by atoms with E-state index in [0.29, 0.717) is 42.8 Å². The van der Waals surface area contributed by atoms with Gasteiger partial charge in [-0.1, -0.05) is 29.3 Å². The van der Waals surface area contributed by atoms with E-state index in [1.165, 1.54) is 7.11 Å². The molecule has 0 atom stereocenters. The summed E-state index contributed by atoms with van der Waals surface area (Å²) in [5.41, 5.74) is 1.14. The summed E-state index contributed by atoms with van der Waals surface area (Å²) in [7, 11) is 1.27. The standard InChI is InChI=1S/C22H18Cl2INO6S/c1-3-31-17-8-12(7-16(25)20(17)32-11-19(27)30-2)9-18-21(28)26(22(29)33-18)10-13-14(23)5-4-6-15(13)24/h4-9H,3,10-11H2,1-2H3/b18-9+. The summed E-state index contributed by atoms with van der Waals surface area (Å²) in [6.45, 7) is 1.88. The van der Waals surface area contributed by atoms with Gasteiger partial charge in [-0.2, -0.15) is 0 Å². The SMILES string of the molecule is CCOc1cc(/C=C2/SC(=O)N(Cc3c(Cl)cccc3Cl)C2=O)cc(I)c1OCC(=O)OC. The first kappa shape index (κ1) is 25.7. The lowest BCUT2D eigenvalue weighted by Gasteiger charge is -2.15. The van der Waals surface area contributed by atoms with Crippen LogP contribution in [0.25, 0.3) is 6.08 Å². The molecule has 2 aromatic carbocycles. The molecule has 1 fully saturated rings. The summed E-state index contributed by atoms with van der Waals surface area (Å²) in [6, 6.07) is 8.43. The van der Waals surface area contributed by atoms with E-state index >= 15 is 0 Å². The van der Waals surface area contributed by atoms with Gasteiger partial charge in [0.2, 0.25) is 0 Å². The van der Waals surface area contributed by atoms with E-state index in [4.69, 9.17) is 32.7 Å². The van der Waals surface area contributed by atoms with Crippen molar-refractivity contribution in [3.8, 4) is 11.5 Å². The molecular weight excluding hydrogens is 604 g/mol. The molecule has 174 valence electrons. The molecule has 7 nitrogen and oxygen atoms in total. The van der Waals surface area contributed by atoms with Gasteiger partial charge in [-0.3, -0.25) is 14.5 Å². The predicted molar refractivity (Wildman–Crippen MR) is 136 cm³/mol. The van der Waals surface area contributed by atoms with Gasteiger partial charge in [-0.25, -0.2) is 4.79 Å². The van der Waals surface area contributed by atoms with E-state index in [-0.39, 0.29) is 18.1 Å². The average molecular weight is 622 g/mol. The quantitative estimate of drug-likeness (QED) is 0.210. The van der Waals surface area contributed by atoms with Gasteiger partial charge in [0.15, 0.2) is 18.1 Å². The van der Waals surface area contributed by atoms with Gasteiger partial charge in [0.1, 0.15) is 0 Å². The molecule has 0 spiro atoms. The van der Waals surface area contributed by atoms with Crippen LogP contribution in [0.15, 0.2) is 35.2 Å². The Morgan fingerprint density at radius 3 is 2.52 bits per heavy atom. The van der Waals surface area contributed by atoms with Crippen molar-refractivity contribution in [3.63, 3.8) is 0 Å². The maximum atomic E-state index is 12.9. The van der Waals surface area contributed by atoms with Crippen LogP contribution in [0, 0.1) is 3.57 Å². The molecular formula is C22H18Cl2INO6S. The third kappa shape index (κ3) is 6.14. The number of ether oxygens (including phenoxy) is 3. The first-order valence-corrected chi connectivity index (χ1v) is 12.2. The van der Waals surface area contributed by atoms with Gasteiger partial charge >= 0.3 is 5.97 Å². The molecule has 0 aliphatic carbocycles. The number of hydrogen-bond donors (Lipinski definition) is 0. The largest absolute Gasteiger partial charge is 0.490 e. The molecule has 1 heterocycles. The summed E-state index contributed by atoms with van der Waals surface area (Å²) in [6.07, 6.45) is 1.61. The molecule has 2 aromatic rings. The Bertz CT molecular complexity index is 1120. The van der Waals surface area contributed by atoms with E-state index < -0.39 is 17.1 Å². The van der Waals surface area contributed by atoms with Crippen LogP contribution in [0.5, 0.6) is 11.5 Å². The van der Waals surface area contributed by atoms with Gasteiger partial charge in [0, 0.05) is 15.6 Å². The number of nitrogens with zero attached hydrogens (tertiary/aromatic N) is 1. The van der Waals surface area contributed by atoms with Crippen LogP contribution >= 0.6 is 57.6 Å². The Morgan fingerprint density at radius 1 is 1.18 bits per heavy atom. The van der Waals surface area contributed by atoms with Crippen molar-refractivity contribution in [1.29, 1.82) is 0 Å². The van der Waals surface area contributed by atoms with Gasteiger partial charge in [0.25, 0.3) is 11.1 Å². The Labute approximate surface area is 218 Å². The smallest absolute Gasteiger partial charge is 0.343 e. The number of hydrogen-bond acceptors (Lipinski definition) is 7. The van der Waals surface area contributed by atoms with Crippen molar-refractivity contribution in [3.05, 3.63) is 60.0 Å². The molecule has 2 amide bonds. The fourth-order valence-electron chi connectivity index (χ4n) is 2.89. The second-order valence-electron chi connectivity index (χ2n) is 6.60. The van der Waals surface area contributed by atoms with E-state index in [1.807, 2.05) is 29.5 Å². The van der Waals surface area contributed by atoms with Crippen LogP contribution in [0.3, 0.4) is 0 Å². The van der Waals surface area contributed by atoms with Crippen LogP contribution in [-0.2, 0) is 20.9 Å². The molecule has 3 rings (SSSR count). The zero-order valence-corrected chi connectivity index (χ0v) is 22.0. The maximum Gasteiger partial charge on any atom is 0.343 e. The topological polar surface area (TPSA) is 82.1 Å². The van der Waals surface area contributed by atoms with Crippen LogP contribution in [-0.4, -0.2) is 42.3 Å². The fraction of sp³-hybridized carbons (Fsp3) is 0.227. The van der Waals surface area contributed by atoms with Crippen LogP contribution in [0.2, 0.25) is 10.0 Å². The number of amides is 2. The minimum Gasteiger partial charge on any atom is -0.490 e. The van der Waals surface area contributed by atoms with Crippen molar-refractivity contribution in [1.82, 2.24) is 4.90 Å². The van der Waals surface area contributed by atoms with Crippen molar-refractivity contribution in [2.45, 2.75) is 13.5 Å². The van der Waals surface area contributed by atoms with E-state index in [2.05, 4.69) is 4.74 Å². The summed E-state index contributed by atoms with van der Waals surface area (Å²) in [5, 5.41) is 0.341. The highest BCUT2D eigenvalue weighted by Crippen LogP contribution is 2.38. The lowest BCUT2D eigenvalue weighted by molar-refractivity contribution is -0.143. The third-order valence-corrected chi connectivity index (χ3v) is 6.86. The highest BCUT2D eigenvalue weighted by atomic mass is 127. The number of carbonyl (C=O) groups is 3. The molecule has 0 bridgehead atoms. The highest BCUT2D eigenvalue weighted by Gasteiger charge is 2.35. The lowest BCUT2D eigenvalue weighted by Crippen LogP contribution is -2.27. The Kier molecular flexibility index (Phi) is 8.91. The third-order valence-electron chi connectivity index (χ3n) is 4.44. The van der Waals surface area contributed by atoms with E-state index in [1.54, 1.807) is 36.4 Å². The minimum atomic E-state index is -0.523. The van der Waals surface area contributed by atoms with Crippen molar-refractivity contribution in [2.24, 2.45) is 0 Å². The number of rotatable bonds is 8. The summed E-state index contributed by atoms with van der Waals surface area (Å²) < 4.78 is 16.5. The van der Waals surface area contributed by atoms with Gasteiger partial charge in [-0.15, -0.1) is 0 Å². The second-order valence-corrected chi connectivity index (χ2v) is 9.57. The van der Waals surface area contributed by atoms with Gasteiger partial charge in [0.05, 0.1) is 28.7 Å². The molecule has 1 aliphatic rings. The van der Waals surface area contributed by atoms with Crippen LogP contribution < -0.4 is 9.47 Å². The normalized spacial score (nSPS) is 14.7. The molecule has 0 unspecified atom stereocenters. The number of halogens is 3. The van der Waals surface area contributed by atoms with Crippen LogP contribution in [0.4, 0.5) is 4.79 Å². The average Bonchev–Trinajstić information content (AvgIpc) is 3.02.